The molecule has 2 N–H and O–H groups in total. The molecule has 1 rings (SSSR count). The Labute approximate surface area is 129 Å². The molecule has 4 nitrogen and oxygen atoms in total. The van der Waals surface area contributed by atoms with Crippen molar-refractivity contribution in [3.05, 3.63) is 27.7 Å². The maximum absolute atomic E-state index is 8.79. The number of aliphatic hydroxyl groups is 1. The standard InChI is InChI=1S/C15H24BrNO3/c1-12-9-14(16)10-13(11-17-5-8-19-2)15(12)20-7-4-3-6-18/h9-10,17-18H,3-8,11H2,1-2H3. The summed E-state index contributed by atoms with van der Waals surface area (Å²) >= 11 is 3.52. The molecule has 0 amide bonds. The largest absolute Gasteiger partial charge is 0.493 e. The Morgan fingerprint density at radius 3 is 2.75 bits per heavy atom. The van der Waals surface area contributed by atoms with Gasteiger partial charge in [-0.05, 0) is 37.5 Å². The van der Waals surface area contributed by atoms with E-state index in [2.05, 4.69) is 33.4 Å². The number of aliphatic hydroxyl groups excluding tert-OH is 1. The first-order valence-electron chi connectivity index (χ1n) is 6.91. The molecule has 0 spiro atoms. The van der Waals surface area contributed by atoms with Crippen LogP contribution in [0.4, 0.5) is 0 Å². The van der Waals surface area contributed by atoms with Crippen LogP contribution < -0.4 is 10.1 Å². The van der Waals surface area contributed by atoms with Crippen LogP contribution in [0, 0.1) is 6.92 Å². The lowest BCUT2D eigenvalue weighted by Crippen LogP contribution is -2.19. The third kappa shape index (κ3) is 6.22. The summed E-state index contributed by atoms with van der Waals surface area (Å²) in [5, 5.41) is 12.1. The van der Waals surface area contributed by atoms with Crippen molar-refractivity contribution in [2.75, 3.05) is 33.5 Å². The van der Waals surface area contributed by atoms with Gasteiger partial charge in [0.2, 0.25) is 0 Å². The van der Waals surface area contributed by atoms with Crippen LogP contribution >= 0.6 is 15.9 Å². The molecule has 0 saturated carbocycles. The lowest BCUT2D eigenvalue weighted by molar-refractivity contribution is 0.199. The average Bonchev–Trinajstić information content (AvgIpc) is 2.41. The summed E-state index contributed by atoms with van der Waals surface area (Å²) in [5.41, 5.74) is 2.25. The van der Waals surface area contributed by atoms with Gasteiger partial charge in [-0.15, -0.1) is 0 Å². The predicted octanol–water partition coefficient (Wildman–Crippen LogP) is 2.64. The molecule has 0 atom stereocenters. The molecule has 0 bridgehead atoms. The third-order valence-corrected chi connectivity index (χ3v) is 3.37. The second-order valence-corrected chi connectivity index (χ2v) is 5.58. The number of aryl methyl sites for hydroxylation is 1. The smallest absolute Gasteiger partial charge is 0.126 e. The molecule has 0 aromatic heterocycles. The lowest BCUT2D eigenvalue weighted by Gasteiger charge is -2.15. The van der Waals surface area contributed by atoms with Gasteiger partial charge in [-0.1, -0.05) is 15.9 Å². The zero-order valence-corrected chi connectivity index (χ0v) is 13.8. The monoisotopic (exact) mass is 345 g/mol. The van der Waals surface area contributed by atoms with Crippen LogP contribution in [0.5, 0.6) is 5.75 Å². The Hall–Kier alpha value is -0.620. The van der Waals surface area contributed by atoms with Crippen LogP contribution in [0.3, 0.4) is 0 Å². The molecule has 0 saturated heterocycles. The molecule has 5 heteroatoms. The molecule has 20 heavy (non-hydrogen) atoms. The Morgan fingerprint density at radius 2 is 2.05 bits per heavy atom. The van der Waals surface area contributed by atoms with Crippen LogP contribution in [-0.2, 0) is 11.3 Å². The quantitative estimate of drug-likeness (QED) is 0.640. The van der Waals surface area contributed by atoms with Gasteiger partial charge in [0, 0.05) is 36.8 Å². The highest BCUT2D eigenvalue weighted by molar-refractivity contribution is 9.10. The molecule has 1 aromatic rings. The van der Waals surface area contributed by atoms with Crippen molar-refractivity contribution in [1.82, 2.24) is 5.32 Å². The first kappa shape index (κ1) is 17.4. The third-order valence-electron chi connectivity index (χ3n) is 2.91. The lowest BCUT2D eigenvalue weighted by atomic mass is 10.1. The van der Waals surface area contributed by atoms with Crippen molar-refractivity contribution < 1.29 is 14.6 Å². The van der Waals surface area contributed by atoms with Crippen LogP contribution in [0.2, 0.25) is 0 Å². The zero-order chi connectivity index (χ0) is 14.8. The second-order valence-electron chi connectivity index (χ2n) is 4.66. The van der Waals surface area contributed by atoms with Crippen LogP contribution in [0.1, 0.15) is 24.0 Å². The Balaban J connectivity index is 2.63. The zero-order valence-electron chi connectivity index (χ0n) is 12.2. The first-order valence-corrected chi connectivity index (χ1v) is 7.70. The van der Waals surface area contributed by atoms with E-state index in [1.54, 1.807) is 7.11 Å². The van der Waals surface area contributed by atoms with Gasteiger partial charge in [-0.3, -0.25) is 0 Å². The predicted molar refractivity (Wildman–Crippen MR) is 84.3 cm³/mol. The van der Waals surface area contributed by atoms with E-state index in [0.717, 1.165) is 47.3 Å². The average molecular weight is 346 g/mol. The molecule has 0 radical (unpaired) electrons. The molecule has 1 aromatic carbocycles. The number of methoxy groups -OCH3 is 1. The first-order chi connectivity index (χ1) is 9.69. The summed E-state index contributed by atoms with van der Waals surface area (Å²) in [7, 11) is 1.70. The van der Waals surface area contributed by atoms with Crippen LogP contribution in [0.25, 0.3) is 0 Å². The molecule has 0 fully saturated rings. The summed E-state index contributed by atoms with van der Waals surface area (Å²) in [5.74, 6) is 0.941. The number of rotatable bonds is 10. The fourth-order valence-corrected chi connectivity index (χ4v) is 2.54. The number of hydrogen-bond acceptors (Lipinski definition) is 4. The minimum absolute atomic E-state index is 0.216. The SMILES string of the molecule is COCCNCc1cc(Br)cc(C)c1OCCCCO. The minimum Gasteiger partial charge on any atom is -0.493 e. The van der Waals surface area contributed by atoms with E-state index in [9.17, 15) is 0 Å². The Kier molecular flexibility index (Phi) is 8.85. The van der Waals surface area contributed by atoms with Gasteiger partial charge in [0.05, 0.1) is 13.2 Å². The normalized spacial score (nSPS) is 10.8. The fraction of sp³-hybridized carbons (Fsp3) is 0.600. The topological polar surface area (TPSA) is 50.7 Å². The van der Waals surface area contributed by atoms with E-state index in [0.29, 0.717) is 13.2 Å². The Bertz CT molecular complexity index is 399. The van der Waals surface area contributed by atoms with Gasteiger partial charge in [0.25, 0.3) is 0 Å². The number of nitrogens with one attached hydrogen (secondary N) is 1. The van der Waals surface area contributed by atoms with Gasteiger partial charge < -0.3 is 19.9 Å². The molecule has 0 aliphatic carbocycles. The summed E-state index contributed by atoms with van der Waals surface area (Å²) in [6.45, 7) is 5.15. The van der Waals surface area contributed by atoms with E-state index in [1.807, 2.05) is 6.92 Å². The number of unbranched alkanes of at least 4 members (excludes halogenated alkanes) is 1. The highest BCUT2D eigenvalue weighted by atomic mass is 79.9. The van der Waals surface area contributed by atoms with Crippen LogP contribution in [0.15, 0.2) is 16.6 Å². The van der Waals surface area contributed by atoms with Crippen molar-refractivity contribution in [3.8, 4) is 5.75 Å². The van der Waals surface area contributed by atoms with Crippen molar-refractivity contribution in [2.45, 2.75) is 26.3 Å². The van der Waals surface area contributed by atoms with Gasteiger partial charge in [-0.25, -0.2) is 0 Å². The number of halogens is 1. The summed E-state index contributed by atoms with van der Waals surface area (Å²) in [6, 6.07) is 4.13. The summed E-state index contributed by atoms with van der Waals surface area (Å²) in [6.07, 6.45) is 1.64. The second kappa shape index (κ2) is 10.2. The maximum atomic E-state index is 8.79. The van der Waals surface area contributed by atoms with Crippen LogP contribution in [-0.4, -0.2) is 38.6 Å². The van der Waals surface area contributed by atoms with Gasteiger partial charge in [0.1, 0.15) is 5.75 Å². The van der Waals surface area contributed by atoms with E-state index in [-0.39, 0.29) is 6.61 Å². The maximum Gasteiger partial charge on any atom is 0.126 e. The molecular weight excluding hydrogens is 322 g/mol. The van der Waals surface area contributed by atoms with E-state index in [4.69, 9.17) is 14.6 Å². The van der Waals surface area contributed by atoms with E-state index in [1.165, 1.54) is 0 Å². The van der Waals surface area contributed by atoms with Crippen molar-refractivity contribution >= 4 is 15.9 Å². The van der Waals surface area contributed by atoms with Gasteiger partial charge in [-0.2, -0.15) is 0 Å². The molecule has 0 heterocycles. The molecule has 0 aliphatic heterocycles. The van der Waals surface area contributed by atoms with E-state index < -0.39 is 0 Å². The van der Waals surface area contributed by atoms with Gasteiger partial charge in [0.15, 0.2) is 0 Å². The molecular formula is C15H24BrNO3. The number of ether oxygens (including phenoxy) is 2. The van der Waals surface area contributed by atoms with E-state index >= 15 is 0 Å². The summed E-state index contributed by atoms with van der Waals surface area (Å²) in [4.78, 5) is 0. The number of benzene rings is 1. The fourth-order valence-electron chi connectivity index (χ4n) is 1.92. The minimum atomic E-state index is 0.216. The van der Waals surface area contributed by atoms with Crippen molar-refractivity contribution in [2.24, 2.45) is 0 Å². The van der Waals surface area contributed by atoms with Gasteiger partial charge >= 0.3 is 0 Å². The highest BCUT2D eigenvalue weighted by Crippen LogP contribution is 2.28. The Morgan fingerprint density at radius 1 is 1.25 bits per heavy atom. The van der Waals surface area contributed by atoms with Crippen molar-refractivity contribution in [3.63, 3.8) is 0 Å². The summed E-state index contributed by atoms with van der Waals surface area (Å²) < 4.78 is 12.0. The highest BCUT2D eigenvalue weighted by Gasteiger charge is 2.09. The molecule has 114 valence electrons. The van der Waals surface area contributed by atoms with Crippen molar-refractivity contribution in [1.29, 1.82) is 0 Å². The molecule has 0 unspecified atom stereocenters. The molecule has 0 aliphatic rings. The number of hydrogen-bond donors (Lipinski definition) is 2.